The second-order valence-electron chi connectivity index (χ2n) is 6.00. The van der Waals surface area contributed by atoms with Crippen LogP contribution in [0.15, 0.2) is 76.6 Å². The van der Waals surface area contributed by atoms with Crippen LogP contribution in [-0.2, 0) is 20.2 Å². The van der Waals surface area contributed by atoms with Crippen molar-refractivity contribution >= 4 is 31.8 Å². The summed E-state index contributed by atoms with van der Waals surface area (Å²) < 4.78 is 58.9. The standard InChI is InChI=1S/C19H12O8S2/c20-18-12-6-1-3-8-14(12)26-28(22,23)16(18)10-5-11-17-19(21)13-7-2-4-9-15(13)27-29(17,24)25/h1-11,20H/b10-5+,17-11-. The molecule has 0 fully saturated rings. The number of hydrogen-bond donors (Lipinski definition) is 1. The maximum Gasteiger partial charge on any atom is 0.343 e. The number of ketones is 1. The van der Waals surface area contributed by atoms with Crippen LogP contribution in [0.25, 0.3) is 5.76 Å². The molecule has 0 saturated heterocycles. The zero-order chi connectivity index (χ0) is 20.8. The third-order valence-corrected chi connectivity index (χ3v) is 6.69. The van der Waals surface area contributed by atoms with Crippen LogP contribution in [0.2, 0.25) is 0 Å². The third kappa shape index (κ3) is 3.22. The van der Waals surface area contributed by atoms with E-state index in [0.29, 0.717) is 0 Å². The van der Waals surface area contributed by atoms with Gasteiger partial charge in [0.15, 0.2) is 16.4 Å². The lowest BCUT2D eigenvalue weighted by molar-refractivity contribution is 0.103. The Balaban J connectivity index is 1.77. The summed E-state index contributed by atoms with van der Waals surface area (Å²) in [7, 11) is -8.71. The van der Waals surface area contributed by atoms with Gasteiger partial charge in [-0.25, -0.2) is 0 Å². The number of Topliss-reactive ketones (excluding diaryl/α,β-unsaturated/α-hetero) is 1. The van der Waals surface area contributed by atoms with E-state index in [4.69, 9.17) is 8.37 Å². The van der Waals surface area contributed by atoms with Crippen LogP contribution < -0.4 is 8.37 Å². The van der Waals surface area contributed by atoms with Gasteiger partial charge in [0.05, 0.1) is 11.1 Å². The topological polar surface area (TPSA) is 124 Å². The summed E-state index contributed by atoms with van der Waals surface area (Å²) in [6.07, 6.45) is 2.86. The van der Waals surface area contributed by atoms with Crippen molar-refractivity contribution in [1.82, 2.24) is 0 Å². The number of carbonyl (C=O) groups excluding carboxylic acids is 1. The summed E-state index contributed by atoms with van der Waals surface area (Å²) >= 11 is 0. The summed E-state index contributed by atoms with van der Waals surface area (Å²) in [5.41, 5.74) is 0.222. The molecule has 4 rings (SSSR count). The summed E-state index contributed by atoms with van der Waals surface area (Å²) in [6, 6.07) is 11.8. The van der Waals surface area contributed by atoms with Crippen LogP contribution in [0.5, 0.6) is 11.5 Å². The van der Waals surface area contributed by atoms with E-state index in [1.165, 1.54) is 30.3 Å². The highest BCUT2D eigenvalue weighted by molar-refractivity contribution is 7.92. The van der Waals surface area contributed by atoms with Gasteiger partial charge in [0, 0.05) is 0 Å². The molecule has 8 nitrogen and oxygen atoms in total. The second kappa shape index (κ2) is 6.61. The molecule has 2 aromatic carbocycles. The average molecular weight is 432 g/mol. The first-order chi connectivity index (χ1) is 13.7. The molecule has 2 aromatic rings. The van der Waals surface area contributed by atoms with Crippen LogP contribution >= 0.6 is 0 Å². The highest BCUT2D eigenvalue weighted by Gasteiger charge is 2.35. The van der Waals surface area contributed by atoms with Crippen LogP contribution in [0.1, 0.15) is 15.9 Å². The second-order valence-corrected chi connectivity index (χ2v) is 9.03. The summed E-state index contributed by atoms with van der Waals surface area (Å²) in [4.78, 5) is 11.3. The van der Waals surface area contributed by atoms with Crippen molar-refractivity contribution in [3.05, 3.63) is 87.7 Å². The molecule has 148 valence electrons. The SMILES string of the molecule is O=C1/C(=C/C=C/C2=C(O)c3ccccc3OS2(=O)=O)S(=O)(=O)Oc2ccccc21. The molecule has 2 aliphatic heterocycles. The fourth-order valence-corrected chi connectivity index (χ4v) is 4.95. The average Bonchev–Trinajstić information content (AvgIpc) is 2.65. The van der Waals surface area contributed by atoms with Crippen molar-refractivity contribution < 1.29 is 35.1 Å². The van der Waals surface area contributed by atoms with E-state index in [1.54, 1.807) is 18.2 Å². The van der Waals surface area contributed by atoms with E-state index in [1.807, 2.05) is 0 Å². The smallest absolute Gasteiger partial charge is 0.343 e. The Morgan fingerprint density at radius 2 is 1.34 bits per heavy atom. The fourth-order valence-electron chi connectivity index (χ4n) is 2.83. The molecule has 0 saturated carbocycles. The predicted molar refractivity (Wildman–Crippen MR) is 103 cm³/mol. The molecule has 0 aliphatic carbocycles. The molecule has 0 atom stereocenters. The number of aliphatic hydroxyl groups excluding tert-OH is 1. The molecular weight excluding hydrogens is 420 g/mol. The van der Waals surface area contributed by atoms with Gasteiger partial charge in [0.25, 0.3) is 0 Å². The molecular formula is C19H12O8S2. The first-order valence-electron chi connectivity index (χ1n) is 8.14. The largest absolute Gasteiger partial charge is 0.506 e. The molecule has 0 bridgehead atoms. The van der Waals surface area contributed by atoms with Crippen LogP contribution in [0.3, 0.4) is 0 Å². The molecule has 0 unspecified atom stereocenters. The zero-order valence-corrected chi connectivity index (χ0v) is 16.1. The molecule has 0 aromatic heterocycles. The van der Waals surface area contributed by atoms with E-state index >= 15 is 0 Å². The van der Waals surface area contributed by atoms with Crippen molar-refractivity contribution in [3.8, 4) is 11.5 Å². The predicted octanol–water partition coefficient (Wildman–Crippen LogP) is 2.68. The molecule has 10 heteroatoms. The van der Waals surface area contributed by atoms with Crippen molar-refractivity contribution in [2.75, 3.05) is 0 Å². The van der Waals surface area contributed by atoms with E-state index < -0.39 is 41.6 Å². The number of hydrogen-bond acceptors (Lipinski definition) is 8. The molecule has 0 amide bonds. The van der Waals surface area contributed by atoms with Gasteiger partial charge in [-0.3, -0.25) is 4.79 Å². The number of aliphatic hydroxyl groups is 1. The maximum atomic E-state index is 12.5. The van der Waals surface area contributed by atoms with E-state index in [0.717, 1.165) is 18.2 Å². The molecule has 0 spiro atoms. The van der Waals surface area contributed by atoms with Gasteiger partial charge in [0.1, 0.15) is 10.7 Å². The lowest BCUT2D eigenvalue weighted by Crippen LogP contribution is -2.25. The number of allylic oxidation sites excluding steroid dienone is 4. The van der Waals surface area contributed by atoms with Gasteiger partial charge >= 0.3 is 20.2 Å². The summed E-state index contributed by atoms with van der Waals surface area (Å²) in [5, 5.41) is 10.3. The summed E-state index contributed by atoms with van der Waals surface area (Å²) in [6.45, 7) is 0. The number of carbonyl (C=O) groups is 1. The molecule has 2 heterocycles. The normalized spacial score (nSPS) is 20.7. The number of benzene rings is 2. The first-order valence-corrected chi connectivity index (χ1v) is 11.0. The Hall–Kier alpha value is -3.37. The minimum absolute atomic E-state index is 0.0319. The van der Waals surface area contributed by atoms with Crippen molar-refractivity contribution in [1.29, 1.82) is 0 Å². The monoisotopic (exact) mass is 432 g/mol. The molecule has 1 N–H and O–H groups in total. The fraction of sp³-hybridized carbons (Fsp3) is 0. The van der Waals surface area contributed by atoms with Gasteiger partial charge in [-0.15, -0.1) is 0 Å². The van der Waals surface area contributed by atoms with Gasteiger partial charge < -0.3 is 13.5 Å². The first kappa shape index (κ1) is 19.0. The highest BCUT2D eigenvalue weighted by Crippen LogP contribution is 2.36. The summed E-state index contributed by atoms with van der Waals surface area (Å²) in [5.74, 6) is -1.46. The van der Waals surface area contributed by atoms with E-state index in [9.17, 15) is 26.7 Å². The minimum atomic E-state index is -4.38. The Labute approximate surface area is 166 Å². The van der Waals surface area contributed by atoms with Gasteiger partial charge in [0.2, 0.25) is 5.78 Å². The number of fused-ring (bicyclic) bond motifs is 2. The van der Waals surface area contributed by atoms with Crippen molar-refractivity contribution in [3.63, 3.8) is 0 Å². The molecule has 2 aliphatic rings. The lowest BCUT2D eigenvalue weighted by Gasteiger charge is -2.18. The lowest BCUT2D eigenvalue weighted by atomic mass is 10.1. The van der Waals surface area contributed by atoms with Crippen molar-refractivity contribution in [2.45, 2.75) is 0 Å². The van der Waals surface area contributed by atoms with E-state index in [2.05, 4.69) is 0 Å². The third-order valence-electron chi connectivity index (χ3n) is 4.16. The Morgan fingerprint density at radius 3 is 2.03 bits per heavy atom. The van der Waals surface area contributed by atoms with Crippen LogP contribution in [0.4, 0.5) is 0 Å². The Morgan fingerprint density at radius 1 is 0.793 bits per heavy atom. The Bertz CT molecular complexity index is 1350. The number of rotatable bonds is 2. The highest BCUT2D eigenvalue weighted by atomic mass is 32.2. The zero-order valence-electron chi connectivity index (χ0n) is 14.5. The van der Waals surface area contributed by atoms with Crippen molar-refractivity contribution in [2.24, 2.45) is 0 Å². The maximum absolute atomic E-state index is 12.5. The van der Waals surface area contributed by atoms with Crippen LogP contribution in [-0.4, -0.2) is 27.7 Å². The van der Waals surface area contributed by atoms with Gasteiger partial charge in [-0.1, -0.05) is 30.3 Å². The minimum Gasteiger partial charge on any atom is -0.506 e. The molecule has 29 heavy (non-hydrogen) atoms. The Kier molecular flexibility index (Phi) is 4.32. The quantitative estimate of drug-likeness (QED) is 0.567. The van der Waals surface area contributed by atoms with Gasteiger partial charge in [-0.05, 0) is 36.4 Å². The van der Waals surface area contributed by atoms with E-state index in [-0.39, 0.29) is 22.6 Å². The molecule has 0 radical (unpaired) electrons. The number of para-hydroxylation sites is 2. The van der Waals surface area contributed by atoms with Crippen LogP contribution in [0, 0.1) is 0 Å². The van der Waals surface area contributed by atoms with Gasteiger partial charge in [-0.2, -0.15) is 16.8 Å².